The van der Waals surface area contributed by atoms with Crippen molar-refractivity contribution in [3.8, 4) is 0 Å². The molecule has 1 aromatic carbocycles. The molecule has 1 fully saturated rings. The highest BCUT2D eigenvalue weighted by molar-refractivity contribution is 7.89. The Hall–Kier alpha value is -0.950. The molecule has 6 heteroatoms. The summed E-state index contributed by atoms with van der Waals surface area (Å²) in [4.78, 5) is 2.59. The second-order valence-electron chi connectivity index (χ2n) is 5.28. The number of sulfonamides is 1. The maximum atomic E-state index is 12.8. The summed E-state index contributed by atoms with van der Waals surface area (Å²) >= 11 is 0. The van der Waals surface area contributed by atoms with Gasteiger partial charge in [-0.2, -0.15) is 4.31 Å². The third-order valence-electron chi connectivity index (χ3n) is 3.84. The second kappa shape index (κ2) is 6.22. The van der Waals surface area contributed by atoms with Crippen LogP contribution >= 0.6 is 0 Å². The molecule has 1 aliphatic rings. The quantitative estimate of drug-likeness (QED) is 0.887. The van der Waals surface area contributed by atoms with E-state index in [-0.39, 0.29) is 0 Å². The minimum atomic E-state index is -3.38. The van der Waals surface area contributed by atoms with Gasteiger partial charge in [-0.15, -0.1) is 0 Å². The third kappa shape index (κ3) is 3.03. The fourth-order valence-electron chi connectivity index (χ4n) is 2.49. The normalized spacial score (nSPS) is 18.4. The highest BCUT2D eigenvalue weighted by Gasteiger charge is 2.28. The number of benzene rings is 1. The molecule has 1 heterocycles. The highest BCUT2D eigenvalue weighted by atomic mass is 32.2. The van der Waals surface area contributed by atoms with Gasteiger partial charge in [0.05, 0.1) is 4.90 Å². The summed E-state index contributed by atoms with van der Waals surface area (Å²) in [5.74, 6) is 0. The molecule has 0 saturated carbocycles. The van der Waals surface area contributed by atoms with Crippen LogP contribution in [0.3, 0.4) is 0 Å². The van der Waals surface area contributed by atoms with Crippen LogP contribution < -0.4 is 5.32 Å². The first kappa shape index (κ1) is 15.4. The molecule has 20 heavy (non-hydrogen) atoms. The molecule has 0 radical (unpaired) electrons. The molecular formula is C14H23N3O2S. The molecule has 1 saturated heterocycles. The van der Waals surface area contributed by atoms with E-state index >= 15 is 0 Å². The van der Waals surface area contributed by atoms with E-state index in [1.165, 1.54) is 0 Å². The van der Waals surface area contributed by atoms with Crippen LogP contribution in [-0.2, 0) is 16.6 Å². The summed E-state index contributed by atoms with van der Waals surface area (Å²) in [6.45, 7) is 5.26. The van der Waals surface area contributed by atoms with Crippen molar-refractivity contribution in [3.05, 3.63) is 29.3 Å². The molecule has 0 amide bonds. The van der Waals surface area contributed by atoms with Crippen LogP contribution in [0.15, 0.2) is 23.1 Å². The lowest BCUT2D eigenvalue weighted by Crippen LogP contribution is -2.47. The van der Waals surface area contributed by atoms with Gasteiger partial charge in [-0.25, -0.2) is 8.42 Å². The molecule has 1 aliphatic heterocycles. The smallest absolute Gasteiger partial charge is 0.243 e. The second-order valence-corrected chi connectivity index (χ2v) is 7.18. The molecule has 0 unspecified atom stereocenters. The number of piperazine rings is 1. The Labute approximate surface area is 121 Å². The van der Waals surface area contributed by atoms with Gasteiger partial charge >= 0.3 is 0 Å². The van der Waals surface area contributed by atoms with Crippen LogP contribution in [0.25, 0.3) is 0 Å². The van der Waals surface area contributed by atoms with Crippen molar-refractivity contribution in [2.45, 2.75) is 18.4 Å². The molecule has 0 aromatic heterocycles. The maximum absolute atomic E-state index is 12.8. The zero-order valence-electron chi connectivity index (χ0n) is 12.4. The average Bonchev–Trinajstić information content (AvgIpc) is 2.41. The van der Waals surface area contributed by atoms with Gasteiger partial charge in [0.1, 0.15) is 0 Å². The SMILES string of the molecule is CNCc1cccc(S(=O)(=O)N2CCN(C)CC2)c1C. The van der Waals surface area contributed by atoms with Gasteiger partial charge in [0.25, 0.3) is 0 Å². The van der Waals surface area contributed by atoms with Crippen molar-refractivity contribution in [1.29, 1.82) is 0 Å². The van der Waals surface area contributed by atoms with Crippen LogP contribution in [-0.4, -0.2) is 57.9 Å². The van der Waals surface area contributed by atoms with Gasteiger partial charge in [-0.3, -0.25) is 0 Å². The maximum Gasteiger partial charge on any atom is 0.243 e. The Morgan fingerprint density at radius 1 is 1.20 bits per heavy atom. The topological polar surface area (TPSA) is 52.7 Å². The molecule has 0 atom stereocenters. The van der Waals surface area contributed by atoms with Gasteiger partial charge in [0.15, 0.2) is 0 Å². The van der Waals surface area contributed by atoms with Gasteiger partial charge in [-0.05, 0) is 38.2 Å². The van der Waals surface area contributed by atoms with Crippen molar-refractivity contribution in [2.24, 2.45) is 0 Å². The first-order chi connectivity index (χ1) is 9.46. The summed E-state index contributed by atoms with van der Waals surface area (Å²) in [7, 11) is 0.501. The van der Waals surface area contributed by atoms with Crippen molar-refractivity contribution in [2.75, 3.05) is 40.3 Å². The Morgan fingerprint density at radius 3 is 2.45 bits per heavy atom. The van der Waals surface area contributed by atoms with Gasteiger partial charge < -0.3 is 10.2 Å². The van der Waals surface area contributed by atoms with E-state index in [0.717, 1.165) is 24.2 Å². The molecule has 1 aromatic rings. The Bertz CT molecular complexity index is 564. The minimum Gasteiger partial charge on any atom is -0.316 e. The minimum absolute atomic E-state index is 0.440. The lowest BCUT2D eigenvalue weighted by molar-refractivity contribution is 0.222. The summed E-state index contributed by atoms with van der Waals surface area (Å²) in [6, 6.07) is 5.50. The van der Waals surface area contributed by atoms with Crippen LogP contribution in [0.1, 0.15) is 11.1 Å². The van der Waals surface area contributed by atoms with Crippen LogP contribution in [0, 0.1) is 6.92 Å². The van der Waals surface area contributed by atoms with Crippen molar-refractivity contribution < 1.29 is 8.42 Å². The zero-order valence-corrected chi connectivity index (χ0v) is 13.2. The molecule has 0 spiro atoms. The lowest BCUT2D eigenvalue weighted by Gasteiger charge is -2.32. The van der Waals surface area contributed by atoms with Crippen molar-refractivity contribution in [1.82, 2.24) is 14.5 Å². The van der Waals surface area contributed by atoms with Gasteiger partial charge in [0.2, 0.25) is 10.0 Å². The number of hydrogen-bond acceptors (Lipinski definition) is 4. The summed E-state index contributed by atoms with van der Waals surface area (Å²) in [5.41, 5.74) is 1.88. The summed E-state index contributed by atoms with van der Waals surface area (Å²) < 4.78 is 27.1. The first-order valence-corrected chi connectivity index (χ1v) is 8.32. The van der Waals surface area contributed by atoms with Crippen molar-refractivity contribution >= 4 is 10.0 Å². The van der Waals surface area contributed by atoms with E-state index in [0.29, 0.717) is 24.5 Å². The molecule has 112 valence electrons. The molecule has 5 nitrogen and oxygen atoms in total. The molecule has 0 aliphatic carbocycles. The molecular weight excluding hydrogens is 274 g/mol. The van der Waals surface area contributed by atoms with E-state index in [1.807, 2.05) is 33.2 Å². The largest absolute Gasteiger partial charge is 0.316 e. The van der Waals surface area contributed by atoms with Crippen LogP contribution in [0.2, 0.25) is 0 Å². The van der Waals surface area contributed by atoms with Gasteiger partial charge in [-0.1, -0.05) is 12.1 Å². The Morgan fingerprint density at radius 2 is 1.85 bits per heavy atom. The van der Waals surface area contributed by atoms with E-state index in [1.54, 1.807) is 10.4 Å². The first-order valence-electron chi connectivity index (χ1n) is 6.88. The highest BCUT2D eigenvalue weighted by Crippen LogP contribution is 2.23. The van der Waals surface area contributed by atoms with E-state index in [2.05, 4.69) is 10.2 Å². The fourth-order valence-corrected chi connectivity index (χ4v) is 4.18. The standard InChI is InChI=1S/C14H23N3O2S/c1-12-13(11-15-2)5-4-6-14(12)20(18,19)17-9-7-16(3)8-10-17/h4-6,15H,7-11H2,1-3H3. The monoisotopic (exact) mass is 297 g/mol. The summed E-state index contributed by atoms with van der Waals surface area (Å²) in [6.07, 6.45) is 0. The van der Waals surface area contributed by atoms with Crippen molar-refractivity contribution in [3.63, 3.8) is 0 Å². The van der Waals surface area contributed by atoms with E-state index < -0.39 is 10.0 Å². The molecule has 0 bridgehead atoms. The number of likely N-dealkylation sites (N-methyl/N-ethyl adjacent to an activating group) is 1. The predicted octanol–water partition coefficient (Wildman–Crippen LogP) is 0.651. The number of rotatable bonds is 4. The van der Waals surface area contributed by atoms with E-state index in [4.69, 9.17) is 0 Å². The van der Waals surface area contributed by atoms with Gasteiger partial charge in [0, 0.05) is 32.7 Å². The fraction of sp³-hybridized carbons (Fsp3) is 0.571. The third-order valence-corrected chi connectivity index (χ3v) is 5.89. The van der Waals surface area contributed by atoms with E-state index in [9.17, 15) is 8.42 Å². The average molecular weight is 297 g/mol. The van der Waals surface area contributed by atoms with Crippen LogP contribution in [0.5, 0.6) is 0 Å². The Kier molecular flexibility index (Phi) is 4.80. The number of nitrogens with one attached hydrogen (secondary N) is 1. The molecule has 1 N–H and O–H groups in total. The summed E-state index contributed by atoms with van der Waals surface area (Å²) in [5, 5.41) is 3.07. The van der Waals surface area contributed by atoms with Crippen LogP contribution in [0.4, 0.5) is 0 Å². The Balaban J connectivity index is 2.32. The molecule has 2 rings (SSSR count). The number of hydrogen-bond donors (Lipinski definition) is 1. The number of nitrogens with zero attached hydrogens (tertiary/aromatic N) is 2. The predicted molar refractivity (Wildman–Crippen MR) is 80.2 cm³/mol. The lowest BCUT2D eigenvalue weighted by atomic mass is 10.1. The zero-order chi connectivity index (χ0) is 14.8.